The molecule has 0 bridgehead atoms. The van der Waals surface area contributed by atoms with Crippen LogP contribution in [0.3, 0.4) is 0 Å². The van der Waals surface area contributed by atoms with E-state index in [-0.39, 0.29) is 25.0 Å². The molecule has 0 aromatic heterocycles. The highest BCUT2D eigenvalue weighted by Crippen LogP contribution is 2.12. The van der Waals surface area contributed by atoms with E-state index in [1.807, 2.05) is 30.3 Å². The normalized spacial score (nSPS) is 13.0. The molecule has 1 aromatic rings. The molecule has 0 heterocycles. The van der Waals surface area contributed by atoms with Crippen molar-refractivity contribution in [2.24, 2.45) is 0 Å². The van der Waals surface area contributed by atoms with Crippen LogP contribution in [0.1, 0.15) is 90.0 Å². The molecule has 10 heteroatoms. The van der Waals surface area contributed by atoms with Crippen molar-refractivity contribution in [2.75, 3.05) is 19.0 Å². The second-order valence-electron chi connectivity index (χ2n) is 8.70. The molecule has 0 saturated heterocycles. The van der Waals surface area contributed by atoms with E-state index >= 15 is 0 Å². The summed E-state index contributed by atoms with van der Waals surface area (Å²) in [6.07, 6.45) is 11.8. The second kappa shape index (κ2) is 22.1. The van der Waals surface area contributed by atoms with Crippen LogP contribution in [0.15, 0.2) is 30.3 Å². The summed E-state index contributed by atoms with van der Waals surface area (Å²) in [6, 6.07) is 9.02. The van der Waals surface area contributed by atoms with Crippen LogP contribution < -0.4 is 4.72 Å². The third-order valence-corrected chi connectivity index (χ3v) is 7.52. The van der Waals surface area contributed by atoms with Gasteiger partial charge in [0.05, 0.1) is 25.6 Å². The summed E-state index contributed by atoms with van der Waals surface area (Å²) in [5, 5.41) is 18.1. The van der Waals surface area contributed by atoms with Crippen molar-refractivity contribution in [3.63, 3.8) is 0 Å². The van der Waals surface area contributed by atoms with Gasteiger partial charge in [-0.15, -0.1) is 0 Å². The molecule has 1 unspecified atom stereocenters. The van der Waals surface area contributed by atoms with E-state index in [1.54, 1.807) is 0 Å². The van der Waals surface area contributed by atoms with Crippen LogP contribution in [-0.4, -0.2) is 49.5 Å². The predicted molar refractivity (Wildman–Crippen MR) is 140 cm³/mol. The van der Waals surface area contributed by atoms with Gasteiger partial charge in [0.2, 0.25) is 10.0 Å². The van der Waals surface area contributed by atoms with Gasteiger partial charge in [-0.3, -0.25) is 0 Å². The number of sulfonamides is 1. The van der Waals surface area contributed by atoms with Gasteiger partial charge in [-0.25, -0.2) is 22.3 Å². The Balaban J connectivity index is 0.000000712. The summed E-state index contributed by atoms with van der Waals surface area (Å²) in [5.74, 6) is -1.22. The van der Waals surface area contributed by atoms with Crippen LogP contribution in [-0.2, 0) is 30.5 Å². The van der Waals surface area contributed by atoms with Gasteiger partial charge < -0.3 is 14.9 Å². The molecule has 0 saturated carbocycles. The van der Waals surface area contributed by atoms with Crippen LogP contribution in [0.4, 0.5) is 0 Å². The smallest absolute Gasteiger partial charge is 0.347 e. The lowest BCUT2D eigenvalue weighted by Gasteiger charge is -2.16. The minimum atomic E-state index is -3.23. The van der Waals surface area contributed by atoms with Crippen molar-refractivity contribution in [1.82, 2.24) is 4.72 Å². The molecule has 204 valence electrons. The Morgan fingerprint density at radius 3 is 2.03 bits per heavy atom. The van der Waals surface area contributed by atoms with Gasteiger partial charge in [-0.05, 0) is 18.4 Å². The number of aliphatic hydroxyl groups excluding tert-OH is 2. The fourth-order valence-electron chi connectivity index (χ4n) is 3.29. The topological polar surface area (TPSA) is 130 Å². The number of benzene rings is 1. The van der Waals surface area contributed by atoms with E-state index < -0.39 is 23.5 Å². The van der Waals surface area contributed by atoms with Crippen LogP contribution in [0.5, 0.6) is 0 Å². The minimum absolute atomic E-state index is 0.114. The average Bonchev–Trinajstić information content (AvgIpc) is 2.84. The van der Waals surface area contributed by atoms with Crippen LogP contribution in [0, 0.1) is 0 Å². The van der Waals surface area contributed by atoms with Gasteiger partial charge in [0.1, 0.15) is 0 Å². The predicted octanol–water partition coefficient (Wildman–Crippen LogP) is 5.29. The molecule has 1 rings (SSSR count). The number of aliphatic hydroxyl groups is 2. The Labute approximate surface area is 212 Å². The average molecular weight is 536 g/mol. The van der Waals surface area contributed by atoms with E-state index in [0.717, 1.165) is 37.7 Å². The van der Waals surface area contributed by atoms with Gasteiger partial charge in [0.25, 0.3) is 0 Å². The molecule has 35 heavy (non-hydrogen) atoms. The molecule has 1 aromatic carbocycles. The Kier molecular flexibility index (Phi) is 21.4. The Morgan fingerprint density at radius 2 is 1.49 bits per heavy atom. The van der Waals surface area contributed by atoms with E-state index in [9.17, 15) is 22.7 Å². The maximum Gasteiger partial charge on any atom is 0.347 e. The van der Waals surface area contributed by atoms with Crippen molar-refractivity contribution in [1.29, 1.82) is 0 Å². The zero-order chi connectivity index (χ0) is 26.4. The third-order valence-electron chi connectivity index (χ3n) is 5.36. The lowest BCUT2D eigenvalue weighted by atomic mass is 10.1. The standard InChI is InChI=1S/C16H35NO3S.C9H11O4P/c1-3-5-7-8-9-10-11-12-14-21(19,20)17-16(15-18)13-6-4-2;10-9(14(11)12)7-13-6-8-4-2-1-3-5-8/h16-18H,3-15H2,1-2H3;1-5,9-10H,6-7H2/t16-;/m0./s1. The van der Waals surface area contributed by atoms with Gasteiger partial charge in [-0.1, -0.05) is 102 Å². The number of unbranched alkanes of at least 4 members (excludes halogenated alkanes) is 8. The summed E-state index contributed by atoms with van der Waals surface area (Å²) in [4.78, 5) is 0. The number of ether oxygens (including phenoxy) is 1. The molecule has 2 atom stereocenters. The fraction of sp³-hybridized carbons (Fsp3) is 0.760. The molecule has 3 N–H and O–H groups in total. The number of nitrogens with one attached hydrogen (secondary N) is 1. The molecular weight excluding hydrogens is 489 g/mol. The molecule has 0 aliphatic carbocycles. The second-order valence-corrected chi connectivity index (χ2v) is 11.7. The molecule has 0 radical (unpaired) electrons. The Bertz CT molecular complexity index is 780. The third kappa shape index (κ3) is 20.8. The number of rotatable bonds is 20. The largest absolute Gasteiger partial charge is 0.395 e. The quantitative estimate of drug-likeness (QED) is 0.153. The van der Waals surface area contributed by atoms with E-state index in [0.29, 0.717) is 13.0 Å². The summed E-state index contributed by atoms with van der Waals surface area (Å²) in [7, 11) is -6.05. The molecule has 0 spiro atoms. The maximum atomic E-state index is 11.9. The van der Waals surface area contributed by atoms with Crippen molar-refractivity contribution in [3.8, 4) is 0 Å². The van der Waals surface area contributed by atoms with E-state index in [2.05, 4.69) is 18.6 Å². The molecule has 8 nitrogen and oxygen atoms in total. The monoisotopic (exact) mass is 535 g/mol. The molecule has 0 aliphatic rings. The highest BCUT2D eigenvalue weighted by molar-refractivity contribution is 7.89. The lowest BCUT2D eigenvalue weighted by molar-refractivity contribution is 0.0626. The molecular formula is C25H46NO7PS. The van der Waals surface area contributed by atoms with E-state index in [4.69, 9.17) is 9.84 Å². The SMILES string of the molecule is CCCCCCCCCCS(=O)(=O)N[C@H](CO)CCCC.O=P(=O)C(O)COCc1ccccc1. The zero-order valence-corrected chi connectivity index (χ0v) is 23.2. The van der Waals surface area contributed by atoms with Crippen molar-refractivity contribution in [2.45, 2.75) is 103 Å². The van der Waals surface area contributed by atoms with Crippen LogP contribution >= 0.6 is 7.68 Å². The minimum Gasteiger partial charge on any atom is -0.395 e. The first-order valence-corrected chi connectivity index (χ1v) is 15.7. The van der Waals surface area contributed by atoms with Crippen LogP contribution in [0.2, 0.25) is 0 Å². The molecule has 0 aliphatic heterocycles. The fourth-order valence-corrected chi connectivity index (χ4v) is 4.92. The summed E-state index contributed by atoms with van der Waals surface area (Å²) in [5.41, 5.74) is 0.945. The van der Waals surface area contributed by atoms with E-state index in [1.165, 1.54) is 32.1 Å². The first kappa shape index (κ1) is 33.9. The first-order valence-electron chi connectivity index (χ1n) is 12.8. The highest BCUT2D eigenvalue weighted by atomic mass is 32.2. The first-order chi connectivity index (χ1) is 16.8. The Morgan fingerprint density at radius 1 is 0.914 bits per heavy atom. The van der Waals surface area contributed by atoms with Gasteiger partial charge >= 0.3 is 7.68 Å². The van der Waals surface area contributed by atoms with Gasteiger partial charge in [-0.2, -0.15) is 0 Å². The van der Waals surface area contributed by atoms with Gasteiger partial charge in [0.15, 0.2) is 5.85 Å². The summed E-state index contributed by atoms with van der Waals surface area (Å²) < 4.78 is 52.0. The summed E-state index contributed by atoms with van der Waals surface area (Å²) in [6.45, 7) is 4.27. The van der Waals surface area contributed by atoms with Crippen molar-refractivity contribution in [3.05, 3.63) is 35.9 Å². The highest BCUT2D eigenvalue weighted by Gasteiger charge is 2.16. The van der Waals surface area contributed by atoms with Crippen molar-refractivity contribution < 1.29 is 32.5 Å². The number of hydrogen-bond donors (Lipinski definition) is 3. The summed E-state index contributed by atoms with van der Waals surface area (Å²) >= 11 is 0. The van der Waals surface area contributed by atoms with Crippen molar-refractivity contribution >= 4 is 17.7 Å². The molecule has 0 fully saturated rings. The molecule has 0 amide bonds. The number of hydrogen-bond acceptors (Lipinski definition) is 7. The zero-order valence-electron chi connectivity index (χ0n) is 21.4. The Hall–Kier alpha value is -1.09. The van der Waals surface area contributed by atoms with Crippen LogP contribution in [0.25, 0.3) is 0 Å². The lowest BCUT2D eigenvalue weighted by Crippen LogP contribution is -2.38. The maximum absolute atomic E-state index is 11.9. The van der Waals surface area contributed by atoms with Gasteiger partial charge in [0, 0.05) is 6.04 Å².